The minimum atomic E-state index is -3.95. The average Bonchev–Trinajstić information content (AvgIpc) is 3.38. The standard InChI is InChI=1S/C38H29NO4P2/c40-37-35(44(42,31-17-5-1-6-18-31)32-19-7-2-8-20-32)36(38(41)39(37)30-26-25-28-15-13-14-16-29(28)27-30)45(43,33-21-9-3-10-22-33)34-23-11-4-12-24-34/h1-27,35-36H. The molecule has 7 heteroatoms. The average molecular weight is 626 g/mol. The summed E-state index contributed by atoms with van der Waals surface area (Å²) in [6.45, 7) is 0. The molecule has 1 saturated heterocycles. The molecule has 0 saturated carbocycles. The van der Waals surface area contributed by atoms with Gasteiger partial charge in [0.1, 0.15) is 11.3 Å². The number of imide groups is 1. The molecule has 0 radical (unpaired) electrons. The number of amides is 2. The lowest BCUT2D eigenvalue weighted by molar-refractivity contribution is -0.121. The van der Waals surface area contributed by atoms with E-state index in [4.69, 9.17) is 0 Å². The van der Waals surface area contributed by atoms with Gasteiger partial charge in [-0.2, -0.15) is 0 Å². The summed E-state index contributed by atoms with van der Waals surface area (Å²) in [7, 11) is -7.90. The first kappa shape index (κ1) is 28.9. The van der Waals surface area contributed by atoms with Gasteiger partial charge in [0.05, 0.1) is 5.69 Å². The van der Waals surface area contributed by atoms with Crippen LogP contribution in [0.4, 0.5) is 5.69 Å². The van der Waals surface area contributed by atoms with E-state index in [0.29, 0.717) is 26.9 Å². The molecule has 2 amide bonds. The molecular weight excluding hydrogens is 596 g/mol. The summed E-state index contributed by atoms with van der Waals surface area (Å²) in [6.07, 6.45) is 0. The molecule has 5 nitrogen and oxygen atoms in total. The quantitative estimate of drug-likeness (QED) is 0.151. The van der Waals surface area contributed by atoms with Crippen molar-refractivity contribution in [2.75, 3.05) is 4.90 Å². The molecule has 0 bridgehead atoms. The number of hydrogen-bond acceptors (Lipinski definition) is 4. The van der Waals surface area contributed by atoms with E-state index in [2.05, 4.69) is 0 Å². The Hall–Kier alpha value is -4.82. The van der Waals surface area contributed by atoms with Crippen LogP contribution in [0.1, 0.15) is 0 Å². The van der Waals surface area contributed by atoms with Gasteiger partial charge in [0.2, 0.25) is 11.8 Å². The Morgan fingerprint density at radius 3 is 1.11 bits per heavy atom. The van der Waals surface area contributed by atoms with E-state index < -0.39 is 37.4 Å². The molecule has 0 aliphatic carbocycles. The molecule has 0 spiro atoms. The maximum Gasteiger partial charge on any atom is 0.246 e. The van der Waals surface area contributed by atoms with Crippen LogP contribution in [0.2, 0.25) is 0 Å². The number of carbonyl (C=O) groups excluding carboxylic acids is 2. The molecule has 2 atom stereocenters. The van der Waals surface area contributed by atoms with Crippen LogP contribution in [0.5, 0.6) is 0 Å². The molecule has 7 rings (SSSR count). The second-order valence-electron chi connectivity index (χ2n) is 11.1. The Morgan fingerprint density at radius 2 is 0.733 bits per heavy atom. The minimum absolute atomic E-state index is 0.358. The van der Waals surface area contributed by atoms with Gasteiger partial charge < -0.3 is 9.13 Å². The maximum atomic E-state index is 16.0. The van der Waals surface area contributed by atoms with Gasteiger partial charge in [-0.25, -0.2) is 4.90 Å². The molecule has 0 N–H and O–H groups in total. The zero-order valence-corrected chi connectivity index (χ0v) is 26.0. The topological polar surface area (TPSA) is 71.5 Å². The summed E-state index contributed by atoms with van der Waals surface area (Å²) in [6, 6.07) is 48.4. The van der Waals surface area contributed by atoms with Crippen molar-refractivity contribution in [3.63, 3.8) is 0 Å². The summed E-state index contributed by atoms with van der Waals surface area (Å²) < 4.78 is 31.9. The van der Waals surface area contributed by atoms with Crippen molar-refractivity contribution in [3.05, 3.63) is 164 Å². The monoisotopic (exact) mass is 625 g/mol. The Balaban J connectivity index is 1.54. The maximum absolute atomic E-state index is 16.0. The lowest BCUT2D eigenvalue weighted by Crippen LogP contribution is -2.41. The summed E-state index contributed by atoms with van der Waals surface area (Å²) in [5.74, 6) is -1.24. The first-order valence-corrected chi connectivity index (χ1v) is 18.3. The zero-order chi connectivity index (χ0) is 31.0. The van der Waals surface area contributed by atoms with Crippen LogP contribution in [-0.2, 0) is 18.7 Å². The Bertz CT molecular complexity index is 1920. The molecule has 6 aromatic rings. The number of fused-ring (bicyclic) bond motifs is 1. The van der Waals surface area contributed by atoms with Crippen LogP contribution < -0.4 is 26.1 Å². The highest BCUT2D eigenvalue weighted by molar-refractivity contribution is 7.84. The van der Waals surface area contributed by atoms with Crippen molar-refractivity contribution in [2.45, 2.75) is 11.3 Å². The lowest BCUT2D eigenvalue weighted by atomic mass is 10.1. The molecule has 1 heterocycles. The highest BCUT2D eigenvalue weighted by Crippen LogP contribution is 2.63. The molecule has 1 fully saturated rings. The SMILES string of the molecule is O=C1C(P(=O)(c2ccccc2)c2ccccc2)C(P(=O)(c2ccccc2)c2ccccc2)C(=O)N1c1ccc2ccccc2c1. The van der Waals surface area contributed by atoms with Crippen LogP contribution in [-0.4, -0.2) is 23.1 Å². The van der Waals surface area contributed by atoms with Gasteiger partial charge >= 0.3 is 0 Å². The van der Waals surface area contributed by atoms with E-state index in [1.54, 1.807) is 109 Å². The number of nitrogens with zero attached hydrogens (tertiary/aromatic N) is 1. The van der Waals surface area contributed by atoms with Gasteiger partial charge in [-0.3, -0.25) is 9.59 Å². The van der Waals surface area contributed by atoms with Gasteiger partial charge in [-0.1, -0.05) is 152 Å². The van der Waals surface area contributed by atoms with Crippen molar-refractivity contribution in [2.24, 2.45) is 0 Å². The Kier molecular flexibility index (Phi) is 7.45. The summed E-state index contributed by atoms with van der Waals surface area (Å²) in [5, 5.41) is 3.52. The molecule has 0 aromatic heterocycles. The molecule has 1 aliphatic rings. The van der Waals surface area contributed by atoms with E-state index >= 15 is 9.13 Å². The Morgan fingerprint density at radius 1 is 0.400 bits per heavy atom. The lowest BCUT2D eigenvalue weighted by Gasteiger charge is -2.32. The van der Waals surface area contributed by atoms with Gasteiger partial charge in [-0.05, 0) is 22.9 Å². The summed E-state index contributed by atoms with van der Waals surface area (Å²) in [4.78, 5) is 31.1. The highest BCUT2D eigenvalue weighted by Gasteiger charge is 2.63. The molecule has 2 unspecified atom stereocenters. The molecule has 6 aromatic carbocycles. The van der Waals surface area contributed by atoms with Gasteiger partial charge in [-0.15, -0.1) is 0 Å². The molecule has 220 valence electrons. The first-order valence-electron chi connectivity index (χ1n) is 14.7. The van der Waals surface area contributed by atoms with Crippen LogP contribution in [0.25, 0.3) is 10.8 Å². The number of hydrogen-bond donors (Lipinski definition) is 0. The molecule has 1 aliphatic heterocycles. The van der Waals surface area contributed by atoms with Crippen LogP contribution in [0, 0.1) is 0 Å². The van der Waals surface area contributed by atoms with Gasteiger partial charge in [0, 0.05) is 21.2 Å². The normalized spacial score (nSPS) is 17.1. The van der Waals surface area contributed by atoms with Gasteiger partial charge in [0.15, 0.2) is 14.3 Å². The third kappa shape index (κ3) is 4.71. The van der Waals surface area contributed by atoms with E-state index in [1.165, 1.54) is 0 Å². The van der Waals surface area contributed by atoms with E-state index in [1.807, 2.05) is 54.6 Å². The van der Waals surface area contributed by atoms with Gasteiger partial charge in [0.25, 0.3) is 0 Å². The third-order valence-electron chi connectivity index (χ3n) is 8.58. The summed E-state index contributed by atoms with van der Waals surface area (Å²) >= 11 is 0. The molecule has 45 heavy (non-hydrogen) atoms. The predicted octanol–water partition coefficient (Wildman–Crippen LogP) is 6.48. The van der Waals surface area contributed by atoms with E-state index in [9.17, 15) is 9.59 Å². The molecular formula is C38H29NO4P2. The number of rotatable bonds is 7. The van der Waals surface area contributed by atoms with Crippen LogP contribution >= 0.6 is 14.3 Å². The minimum Gasteiger partial charge on any atom is -0.313 e. The van der Waals surface area contributed by atoms with Crippen molar-refractivity contribution < 1.29 is 18.7 Å². The number of carbonyl (C=O) groups is 2. The number of anilines is 1. The Labute approximate surface area is 261 Å². The van der Waals surface area contributed by atoms with Crippen LogP contribution in [0.15, 0.2) is 164 Å². The fraction of sp³-hybridized carbons (Fsp3) is 0.0526. The zero-order valence-electron chi connectivity index (χ0n) is 24.2. The highest BCUT2D eigenvalue weighted by atomic mass is 31.2. The first-order chi connectivity index (χ1) is 21.9. The number of benzene rings is 6. The van der Waals surface area contributed by atoms with Crippen molar-refractivity contribution in [1.82, 2.24) is 0 Å². The largest absolute Gasteiger partial charge is 0.313 e. The second-order valence-corrected chi connectivity index (χ2v) is 16.9. The second kappa shape index (κ2) is 11.6. The third-order valence-corrected chi connectivity index (χ3v) is 15.7. The summed E-state index contributed by atoms with van der Waals surface area (Å²) in [5.41, 5.74) is -2.49. The van der Waals surface area contributed by atoms with E-state index in [-0.39, 0.29) is 0 Å². The fourth-order valence-electron chi connectivity index (χ4n) is 6.46. The fourth-order valence-corrected chi connectivity index (χ4v) is 13.8. The van der Waals surface area contributed by atoms with Crippen molar-refractivity contribution in [1.29, 1.82) is 0 Å². The smallest absolute Gasteiger partial charge is 0.246 e. The van der Waals surface area contributed by atoms with Crippen molar-refractivity contribution >= 4 is 63.8 Å². The van der Waals surface area contributed by atoms with E-state index in [0.717, 1.165) is 15.7 Å². The predicted molar refractivity (Wildman–Crippen MR) is 184 cm³/mol. The van der Waals surface area contributed by atoms with Crippen LogP contribution in [0.3, 0.4) is 0 Å². The van der Waals surface area contributed by atoms with Crippen molar-refractivity contribution in [3.8, 4) is 0 Å².